The number of hydrogen-bond donors (Lipinski definition) is 2. The van der Waals surface area contributed by atoms with Gasteiger partial charge in [0.05, 0.1) is 4.92 Å². The molecule has 0 heterocycles. The Hall–Kier alpha value is -2.15. The van der Waals surface area contributed by atoms with E-state index in [-0.39, 0.29) is 17.2 Å². The number of nitrogens with zero attached hydrogens (tertiary/aromatic N) is 2. The summed E-state index contributed by atoms with van der Waals surface area (Å²) in [4.78, 5) is 24.4. The summed E-state index contributed by atoms with van der Waals surface area (Å²) in [7, 11) is 1.67. The molecule has 1 fully saturated rings. The Balaban J connectivity index is 2.24. The van der Waals surface area contributed by atoms with Crippen LogP contribution in [0.15, 0.2) is 18.2 Å². The molecule has 7 nitrogen and oxygen atoms in total. The zero-order chi connectivity index (χ0) is 14.9. The summed E-state index contributed by atoms with van der Waals surface area (Å²) in [5.41, 5.74) is 2.71. The van der Waals surface area contributed by atoms with E-state index in [0.717, 1.165) is 6.42 Å². The molecule has 1 aromatic rings. The van der Waals surface area contributed by atoms with E-state index in [1.807, 2.05) is 0 Å². The van der Waals surface area contributed by atoms with Crippen molar-refractivity contribution in [2.75, 3.05) is 19.0 Å². The fourth-order valence-corrected chi connectivity index (χ4v) is 2.25. The van der Waals surface area contributed by atoms with Gasteiger partial charge in [-0.05, 0) is 30.4 Å². The Kier molecular flexibility index (Phi) is 3.89. The molecule has 0 aromatic heterocycles. The Labute approximate surface area is 116 Å². The van der Waals surface area contributed by atoms with Crippen molar-refractivity contribution in [3.05, 3.63) is 33.9 Å². The molecule has 3 N–H and O–H groups in total. The molecule has 0 bridgehead atoms. The molecule has 20 heavy (non-hydrogen) atoms. The maximum atomic E-state index is 12.4. The highest BCUT2D eigenvalue weighted by Crippen LogP contribution is 2.38. The van der Waals surface area contributed by atoms with Gasteiger partial charge in [0.2, 0.25) is 0 Å². The highest BCUT2D eigenvalue weighted by atomic mass is 16.6. The van der Waals surface area contributed by atoms with E-state index >= 15 is 0 Å². The number of nitro groups is 1. The zero-order valence-corrected chi connectivity index (χ0v) is 11.5. The summed E-state index contributed by atoms with van der Waals surface area (Å²) in [6.07, 6.45) is 1.10. The van der Waals surface area contributed by atoms with Gasteiger partial charge in [-0.25, -0.2) is 0 Å². The van der Waals surface area contributed by atoms with Crippen molar-refractivity contribution in [3.8, 4) is 0 Å². The van der Waals surface area contributed by atoms with Crippen LogP contribution in [0.25, 0.3) is 0 Å². The smallest absolute Gasteiger partial charge is 0.282 e. The first-order valence-electron chi connectivity index (χ1n) is 6.44. The summed E-state index contributed by atoms with van der Waals surface area (Å²) >= 11 is 0. The Bertz CT molecular complexity index is 546. The van der Waals surface area contributed by atoms with Crippen LogP contribution in [0.3, 0.4) is 0 Å². The first-order chi connectivity index (χ1) is 9.43. The highest BCUT2D eigenvalue weighted by Gasteiger charge is 2.35. The van der Waals surface area contributed by atoms with Crippen LogP contribution in [0.5, 0.6) is 0 Å². The lowest BCUT2D eigenvalue weighted by atomic mass is 10.1. The van der Waals surface area contributed by atoms with Gasteiger partial charge in [-0.2, -0.15) is 0 Å². The van der Waals surface area contributed by atoms with Crippen molar-refractivity contribution in [1.82, 2.24) is 4.90 Å². The van der Waals surface area contributed by atoms with Crippen LogP contribution in [0.2, 0.25) is 0 Å². The van der Waals surface area contributed by atoms with Gasteiger partial charge in [-0.15, -0.1) is 0 Å². The van der Waals surface area contributed by atoms with Gasteiger partial charge < -0.3 is 10.3 Å². The van der Waals surface area contributed by atoms with E-state index in [1.165, 1.54) is 23.1 Å². The molecule has 1 aliphatic carbocycles. The van der Waals surface area contributed by atoms with Crippen molar-refractivity contribution < 1.29 is 9.72 Å². The van der Waals surface area contributed by atoms with Crippen LogP contribution in [0.4, 0.5) is 11.4 Å². The second-order valence-corrected chi connectivity index (χ2v) is 5.29. The molecule has 7 heteroatoms. The molecule has 0 saturated heterocycles. The van der Waals surface area contributed by atoms with Crippen LogP contribution in [-0.2, 0) is 0 Å². The third-order valence-electron chi connectivity index (χ3n) is 3.72. The molecule has 0 spiro atoms. The van der Waals surface area contributed by atoms with Gasteiger partial charge in [-0.1, -0.05) is 6.92 Å². The second-order valence-electron chi connectivity index (χ2n) is 5.29. The Morgan fingerprint density at radius 2 is 2.25 bits per heavy atom. The van der Waals surface area contributed by atoms with Crippen molar-refractivity contribution in [1.29, 1.82) is 0 Å². The number of hydrazine groups is 1. The SMILES string of the molecule is CC1CC1CN(C)C(=O)c1cc(NN)ccc1[N+](=O)[O-]. The lowest BCUT2D eigenvalue weighted by Crippen LogP contribution is -2.29. The minimum Gasteiger partial charge on any atom is -0.341 e. The summed E-state index contributed by atoms with van der Waals surface area (Å²) < 4.78 is 0. The number of hydrogen-bond acceptors (Lipinski definition) is 5. The Morgan fingerprint density at radius 1 is 1.60 bits per heavy atom. The quantitative estimate of drug-likeness (QED) is 0.484. The van der Waals surface area contributed by atoms with E-state index < -0.39 is 4.92 Å². The molecule has 1 saturated carbocycles. The number of nitrogens with one attached hydrogen (secondary N) is 1. The van der Waals surface area contributed by atoms with Crippen LogP contribution in [-0.4, -0.2) is 29.3 Å². The lowest BCUT2D eigenvalue weighted by molar-refractivity contribution is -0.385. The number of anilines is 1. The number of amides is 1. The summed E-state index contributed by atoms with van der Waals surface area (Å²) in [5, 5.41) is 11.0. The predicted molar refractivity (Wildman–Crippen MR) is 75.1 cm³/mol. The van der Waals surface area contributed by atoms with Crippen molar-refractivity contribution in [2.45, 2.75) is 13.3 Å². The molecule has 1 aliphatic rings. The maximum absolute atomic E-state index is 12.4. The highest BCUT2D eigenvalue weighted by molar-refractivity contribution is 5.99. The van der Waals surface area contributed by atoms with Crippen molar-refractivity contribution >= 4 is 17.3 Å². The molecular formula is C13H18N4O3. The number of carbonyl (C=O) groups is 1. The number of nitrogens with two attached hydrogens (primary N) is 1. The molecular weight excluding hydrogens is 260 g/mol. The largest absolute Gasteiger partial charge is 0.341 e. The third-order valence-corrected chi connectivity index (χ3v) is 3.72. The zero-order valence-electron chi connectivity index (χ0n) is 11.5. The number of nitro benzene ring substituents is 1. The number of rotatable bonds is 5. The van der Waals surface area contributed by atoms with Crippen LogP contribution >= 0.6 is 0 Å². The number of nitrogen functional groups attached to an aromatic ring is 1. The topological polar surface area (TPSA) is 102 Å². The maximum Gasteiger partial charge on any atom is 0.282 e. The van der Waals surface area contributed by atoms with E-state index in [1.54, 1.807) is 7.05 Å². The molecule has 1 aromatic carbocycles. The fraction of sp³-hybridized carbons (Fsp3) is 0.462. The molecule has 0 radical (unpaired) electrons. The number of benzene rings is 1. The first-order valence-corrected chi connectivity index (χ1v) is 6.44. The molecule has 2 unspecified atom stereocenters. The van der Waals surface area contributed by atoms with E-state index in [4.69, 9.17) is 5.84 Å². The average Bonchev–Trinajstić information content (AvgIpc) is 3.12. The van der Waals surface area contributed by atoms with Crippen molar-refractivity contribution in [2.24, 2.45) is 17.7 Å². The minimum atomic E-state index is -0.554. The first kappa shape index (κ1) is 14.3. The molecule has 2 atom stereocenters. The van der Waals surface area contributed by atoms with Crippen molar-refractivity contribution in [3.63, 3.8) is 0 Å². The lowest BCUT2D eigenvalue weighted by Gasteiger charge is -2.17. The van der Waals surface area contributed by atoms with Crippen LogP contribution in [0, 0.1) is 22.0 Å². The van der Waals surface area contributed by atoms with Gasteiger partial charge in [0.1, 0.15) is 5.56 Å². The third kappa shape index (κ3) is 2.88. The summed E-state index contributed by atoms with van der Waals surface area (Å²) in [6, 6.07) is 4.17. The monoisotopic (exact) mass is 278 g/mol. The van der Waals surface area contributed by atoms with E-state index in [0.29, 0.717) is 24.1 Å². The normalized spacial score (nSPS) is 20.4. The Morgan fingerprint density at radius 3 is 2.75 bits per heavy atom. The molecule has 2 rings (SSSR count). The summed E-state index contributed by atoms with van der Waals surface area (Å²) in [6.45, 7) is 2.75. The van der Waals surface area contributed by atoms with E-state index in [9.17, 15) is 14.9 Å². The summed E-state index contributed by atoms with van der Waals surface area (Å²) in [5.74, 6) is 6.05. The van der Waals surface area contributed by atoms with E-state index in [2.05, 4.69) is 12.3 Å². The second kappa shape index (κ2) is 5.46. The minimum absolute atomic E-state index is 0.0567. The van der Waals surface area contributed by atoms with Gasteiger partial charge in [0.25, 0.3) is 11.6 Å². The van der Waals surface area contributed by atoms with Gasteiger partial charge in [-0.3, -0.25) is 20.8 Å². The molecule has 1 amide bonds. The van der Waals surface area contributed by atoms with Gasteiger partial charge in [0.15, 0.2) is 0 Å². The van der Waals surface area contributed by atoms with Crippen LogP contribution in [0.1, 0.15) is 23.7 Å². The standard InChI is InChI=1S/C13H18N4O3/c1-8-5-9(8)7-16(2)13(18)11-6-10(15-14)3-4-12(11)17(19)20/h3-4,6,8-9,15H,5,7,14H2,1-2H3. The molecule has 108 valence electrons. The number of carbonyl (C=O) groups excluding carboxylic acids is 1. The predicted octanol–water partition coefficient (Wildman–Crippen LogP) is 1.61. The molecule has 0 aliphatic heterocycles. The average molecular weight is 278 g/mol. The fourth-order valence-electron chi connectivity index (χ4n) is 2.25. The van der Waals surface area contributed by atoms with Crippen LogP contribution < -0.4 is 11.3 Å². The van der Waals surface area contributed by atoms with Gasteiger partial charge in [0, 0.05) is 25.3 Å². The van der Waals surface area contributed by atoms with Gasteiger partial charge >= 0.3 is 0 Å².